The summed E-state index contributed by atoms with van der Waals surface area (Å²) in [5.41, 5.74) is 1.67. The van der Waals surface area contributed by atoms with Crippen LogP contribution < -0.4 is 10.6 Å². The maximum absolute atomic E-state index is 12.9. The molecule has 1 fully saturated rings. The van der Waals surface area contributed by atoms with Crippen molar-refractivity contribution in [3.05, 3.63) is 45.6 Å². The molecular weight excluding hydrogens is 468 g/mol. The highest BCUT2D eigenvalue weighted by Crippen LogP contribution is 2.29. The van der Waals surface area contributed by atoms with Crippen molar-refractivity contribution in [3.8, 4) is 0 Å². The van der Waals surface area contributed by atoms with Gasteiger partial charge in [0, 0.05) is 42.9 Å². The molecule has 0 aliphatic carbocycles. The van der Waals surface area contributed by atoms with Crippen LogP contribution in [0.15, 0.2) is 40.0 Å². The van der Waals surface area contributed by atoms with Crippen LogP contribution >= 0.6 is 15.9 Å². The highest BCUT2D eigenvalue weighted by atomic mass is 79.9. The Kier molecular flexibility index (Phi) is 7.91. The van der Waals surface area contributed by atoms with E-state index >= 15 is 0 Å². The van der Waals surface area contributed by atoms with E-state index in [1.165, 1.54) is 0 Å². The first-order valence-electron chi connectivity index (χ1n) is 10.3. The summed E-state index contributed by atoms with van der Waals surface area (Å²) in [5, 5.41) is 5.63. The lowest BCUT2D eigenvalue weighted by Gasteiger charge is -2.36. The highest BCUT2D eigenvalue weighted by Gasteiger charge is 2.35. The molecule has 0 spiro atoms. The van der Waals surface area contributed by atoms with E-state index < -0.39 is 12.0 Å². The van der Waals surface area contributed by atoms with E-state index in [0.717, 1.165) is 10.0 Å². The molecule has 1 saturated heterocycles. The number of carbonyl (C=O) groups is 3. The average molecular weight is 495 g/mol. The zero-order chi connectivity index (χ0) is 22.4. The molecule has 0 radical (unpaired) electrons. The van der Waals surface area contributed by atoms with Gasteiger partial charge in [-0.05, 0) is 31.5 Å². The minimum absolute atomic E-state index is 0.229. The third-order valence-corrected chi connectivity index (χ3v) is 5.60. The Morgan fingerprint density at radius 3 is 2.48 bits per heavy atom. The molecule has 1 atom stereocenters. The van der Waals surface area contributed by atoms with Gasteiger partial charge in [0.25, 0.3) is 0 Å². The lowest BCUT2D eigenvalue weighted by molar-refractivity contribution is -0.139. The number of urea groups is 1. The van der Waals surface area contributed by atoms with Crippen molar-refractivity contribution in [1.82, 2.24) is 20.4 Å². The van der Waals surface area contributed by atoms with Gasteiger partial charge in [-0.2, -0.15) is 0 Å². The number of carbonyl (C=O) groups excluding carboxylic acids is 3. The maximum Gasteiger partial charge on any atom is 0.409 e. The van der Waals surface area contributed by atoms with E-state index in [2.05, 4.69) is 31.5 Å². The fourth-order valence-electron chi connectivity index (χ4n) is 3.66. The molecule has 0 aromatic heterocycles. The Bertz CT molecular complexity index is 867. The highest BCUT2D eigenvalue weighted by molar-refractivity contribution is 9.10. The van der Waals surface area contributed by atoms with Crippen LogP contribution in [0.1, 0.15) is 25.5 Å². The van der Waals surface area contributed by atoms with Crippen LogP contribution in [-0.4, -0.2) is 73.8 Å². The molecule has 3 rings (SSSR count). The number of rotatable bonds is 6. The van der Waals surface area contributed by atoms with Crippen molar-refractivity contribution >= 4 is 34.0 Å². The Labute approximate surface area is 189 Å². The van der Waals surface area contributed by atoms with Crippen LogP contribution in [0.4, 0.5) is 9.59 Å². The zero-order valence-corrected chi connectivity index (χ0v) is 19.2. The van der Waals surface area contributed by atoms with Gasteiger partial charge in [0.15, 0.2) is 0 Å². The van der Waals surface area contributed by atoms with Gasteiger partial charge in [-0.15, -0.1) is 0 Å². The Balaban J connectivity index is 1.83. The lowest BCUT2D eigenvalue weighted by Crippen LogP contribution is -2.52. The van der Waals surface area contributed by atoms with Crippen molar-refractivity contribution in [2.24, 2.45) is 0 Å². The maximum atomic E-state index is 12.9. The number of benzene rings is 1. The molecule has 31 heavy (non-hydrogen) atoms. The smallest absolute Gasteiger partial charge is 0.409 e. The SMILES string of the molecule is CCOC(=O)C1=C(CN2CCN(C(=O)OCC)CC2)NC(=O)N[C@@H]1c1cccc(Br)c1. The van der Waals surface area contributed by atoms with Crippen LogP contribution in [0.2, 0.25) is 0 Å². The quantitative estimate of drug-likeness (QED) is 0.588. The summed E-state index contributed by atoms with van der Waals surface area (Å²) >= 11 is 3.44. The monoisotopic (exact) mass is 494 g/mol. The Hall–Kier alpha value is -2.59. The molecule has 9 nitrogen and oxygen atoms in total. The number of hydrogen-bond donors (Lipinski definition) is 2. The normalized spacial score (nSPS) is 19.5. The minimum Gasteiger partial charge on any atom is -0.463 e. The number of esters is 1. The van der Waals surface area contributed by atoms with Crippen molar-refractivity contribution in [3.63, 3.8) is 0 Å². The predicted octanol–water partition coefficient (Wildman–Crippen LogP) is 2.39. The number of nitrogens with zero attached hydrogens (tertiary/aromatic N) is 2. The molecule has 0 bridgehead atoms. The summed E-state index contributed by atoms with van der Waals surface area (Å²) in [6, 6.07) is 6.45. The third kappa shape index (κ3) is 5.76. The molecule has 2 aliphatic rings. The second-order valence-electron chi connectivity index (χ2n) is 7.16. The molecule has 2 aliphatic heterocycles. The van der Waals surface area contributed by atoms with Crippen molar-refractivity contribution in [2.45, 2.75) is 19.9 Å². The topological polar surface area (TPSA) is 100 Å². The minimum atomic E-state index is -0.624. The van der Waals surface area contributed by atoms with Gasteiger partial charge in [-0.3, -0.25) is 4.90 Å². The fourth-order valence-corrected chi connectivity index (χ4v) is 4.07. The molecule has 3 amide bonds. The van der Waals surface area contributed by atoms with E-state index in [-0.39, 0.29) is 18.7 Å². The fraction of sp³-hybridized carbons (Fsp3) is 0.476. The summed E-state index contributed by atoms with van der Waals surface area (Å²) < 4.78 is 11.2. The van der Waals surface area contributed by atoms with E-state index in [4.69, 9.17) is 9.47 Å². The summed E-state index contributed by atoms with van der Waals surface area (Å²) in [4.78, 5) is 41.0. The molecule has 10 heteroatoms. The molecule has 2 N–H and O–H groups in total. The van der Waals surface area contributed by atoms with Crippen LogP contribution in [0.3, 0.4) is 0 Å². The number of ether oxygens (including phenoxy) is 2. The molecule has 2 heterocycles. The number of nitrogens with one attached hydrogen (secondary N) is 2. The van der Waals surface area contributed by atoms with Crippen LogP contribution in [0.25, 0.3) is 0 Å². The summed E-state index contributed by atoms with van der Waals surface area (Å²) in [7, 11) is 0. The van der Waals surface area contributed by atoms with Crippen molar-refractivity contribution in [2.75, 3.05) is 45.9 Å². The van der Waals surface area contributed by atoms with Gasteiger partial charge in [-0.25, -0.2) is 14.4 Å². The number of hydrogen-bond acceptors (Lipinski definition) is 6. The lowest BCUT2D eigenvalue weighted by atomic mass is 9.95. The van der Waals surface area contributed by atoms with Crippen LogP contribution in [-0.2, 0) is 14.3 Å². The third-order valence-electron chi connectivity index (χ3n) is 5.11. The molecular formula is C21H27BrN4O5. The predicted molar refractivity (Wildman–Crippen MR) is 117 cm³/mol. The Morgan fingerprint density at radius 1 is 1.13 bits per heavy atom. The Morgan fingerprint density at radius 2 is 1.84 bits per heavy atom. The number of piperazine rings is 1. The second kappa shape index (κ2) is 10.6. The van der Waals surface area contributed by atoms with Crippen LogP contribution in [0, 0.1) is 0 Å². The standard InChI is InChI=1S/C21H27BrN4O5/c1-3-30-19(27)17-16(13-25-8-10-26(11-9-25)21(29)31-4-2)23-20(28)24-18(17)14-6-5-7-15(22)12-14/h5-7,12,18H,3-4,8-11,13H2,1-2H3,(H2,23,24,28)/t18-/m1/s1. The summed E-state index contributed by atoms with van der Waals surface area (Å²) in [5.74, 6) is -0.472. The van der Waals surface area contributed by atoms with E-state index in [0.29, 0.717) is 50.6 Å². The van der Waals surface area contributed by atoms with Crippen molar-refractivity contribution < 1.29 is 23.9 Å². The van der Waals surface area contributed by atoms with Gasteiger partial charge in [0.1, 0.15) is 0 Å². The zero-order valence-electron chi connectivity index (χ0n) is 17.7. The number of amides is 3. The molecule has 0 saturated carbocycles. The summed E-state index contributed by atoms with van der Waals surface area (Å²) in [6.45, 7) is 6.69. The van der Waals surface area contributed by atoms with Gasteiger partial charge in [-0.1, -0.05) is 28.1 Å². The first kappa shape index (κ1) is 23.1. The largest absolute Gasteiger partial charge is 0.463 e. The van der Waals surface area contributed by atoms with Crippen molar-refractivity contribution in [1.29, 1.82) is 0 Å². The van der Waals surface area contributed by atoms with Gasteiger partial charge >= 0.3 is 18.1 Å². The van der Waals surface area contributed by atoms with Gasteiger partial charge in [0.2, 0.25) is 0 Å². The van der Waals surface area contributed by atoms with Gasteiger partial charge in [0.05, 0.1) is 24.8 Å². The van der Waals surface area contributed by atoms with E-state index in [1.54, 1.807) is 18.7 Å². The first-order valence-corrected chi connectivity index (χ1v) is 11.1. The van der Waals surface area contributed by atoms with Gasteiger partial charge < -0.3 is 25.0 Å². The summed E-state index contributed by atoms with van der Waals surface area (Å²) in [6.07, 6.45) is -0.321. The first-order chi connectivity index (χ1) is 14.9. The number of halogens is 1. The van der Waals surface area contributed by atoms with E-state index in [9.17, 15) is 14.4 Å². The molecule has 168 valence electrons. The average Bonchev–Trinajstić information content (AvgIpc) is 2.74. The second-order valence-corrected chi connectivity index (χ2v) is 8.08. The van der Waals surface area contributed by atoms with Crippen LogP contribution in [0.5, 0.6) is 0 Å². The molecule has 0 unspecified atom stereocenters. The molecule has 1 aromatic carbocycles. The van der Waals surface area contributed by atoms with E-state index in [1.807, 2.05) is 24.3 Å². The molecule has 1 aromatic rings.